The maximum Gasteiger partial charge on any atom is 0.270 e. The van der Waals surface area contributed by atoms with Gasteiger partial charge in [-0.2, -0.15) is 0 Å². The first kappa shape index (κ1) is 21.5. The van der Waals surface area contributed by atoms with Crippen molar-refractivity contribution in [3.05, 3.63) is 93.9 Å². The molecule has 156 valence electrons. The van der Waals surface area contributed by atoms with E-state index >= 15 is 0 Å². The van der Waals surface area contributed by atoms with Gasteiger partial charge in [-0.3, -0.25) is 9.59 Å². The van der Waals surface area contributed by atoms with Gasteiger partial charge >= 0.3 is 0 Å². The molecule has 0 aliphatic heterocycles. The predicted molar refractivity (Wildman–Crippen MR) is 115 cm³/mol. The number of hydrogen-bond acceptors (Lipinski definition) is 4. The molecule has 0 saturated heterocycles. The average molecular weight is 425 g/mol. The zero-order valence-electron chi connectivity index (χ0n) is 17.0. The number of rotatable bonds is 7. The average Bonchev–Trinajstić information content (AvgIpc) is 2.72. The van der Waals surface area contributed by atoms with Crippen LogP contribution in [0.3, 0.4) is 0 Å². The summed E-state index contributed by atoms with van der Waals surface area (Å²) in [4.78, 5) is 25.2. The van der Waals surface area contributed by atoms with E-state index in [0.717, 1.165) is 5.56 Å². The Kier molecular flexibility index (Phi) is 6.52. The molecule has 0 aliphatic rings. The molecule has 1 amide bonds. The number of nitrogens with zero attached hydrogens (tertiary/aromatic N) is 1. The number of carbonyl (C=O) groups excluding carboxylic acids is 1. The van der Waals surface area contributed by atoms with Gasteiger partial charge in [0.2, 0.25) is 15.7 Å². The Morgan fingerprint density at radius 3 is 2.20 bits per heavy atom. The molecule has 0 fully saturated rings. The van der Waals surface area contributed by atoms with E-state index in [4.69, 9.17) is 0 Å². The molecule has 0 saturated carbocycles. The third kappa shape index (κ3) is 4.68. The number of amides is 1. The molecular weight excluding hydrogens is 400 g/mol. The van der Waals surface area contributed by atoms with E-state index in [1.54, 1.807) is 38.1 Å². The summed E-state index contributed by atoms with van der Waals surface area (Å²) in [6, 6.07) is 19.2. The van der Waals surface area contributed by atoms with Crippen LogP contribution in [0.25, 0.3) is 0 Å². The van der Waals surface area contributed by atoms with Crippen LogP contribution in [0.1, 0.15) is 16.8 Å². The van der Waals surface area contributed by atoms with Crippen molar-refractivity contribution in [1.29, 1.82) is 0 Å². The van der Waals surface area contributed by atoms with Crippen LogP contribution < -0.4 is 10.9 Å². The molecule has 0 atom stereocenters. The van der Waals surface area contributed by atoms with Crippen molar-refractivity contribution in [2.24, 2.45) is 0 Å². The molecule has 3 rings (SSSR count). The molecule has 0 unspecified atom stereocenters. The van der Waals surface area contributed by atoms with Crippen LogP contribution in [0.4, 0.5) is 0 Å². The first-order valence-corrected chi connectivity index (χ1v) is 11.1. The molecule has 2 aromatic carbocycles. The van der Waals surface area contributed by atoms with Crippen LogP contribution in [0.15, 0.2) is 81.3 Å². The van der Waals surface area contributed by atoms with Gasteiger partial charge in [0, 0.05) is 12.2 Å². The van der Waals surface area contributed by atoms with Gasteiger partial charge in [-0.15, -0.1) is 0 Å². The van der Waals surface area contributed by atoms with E-state index in [-0.39, 0.29) is 22.2 Å². The van der Waals surface area contributed by atoms with E-state index in [2.05, 4.69) is 5.32 Å². The van der Waals surface area contributed by atoms with E-state index in [1.165, 1.54) is 16.7 Å². The third-order valence-electron chi connectivity index (χ3n) is 4.85. The van der Waals surface area contributed by atoms with Gasteiger partial charge in [0.1, 0.15) is 11.4 Å². The standard InChI is InChI=1S/C23H24N2O4S/c1-17-15-18(2)25(16-21(26)24-14-13-19-9-5-3-6-10-19)23(27)22(17)30(28,29)20-11-7-4-8-12-20/h3-12,15H,13-14,16H2,1-2H3,(H,24,26). The summed E-state index contributed by atoms with van der Waals surface area (Å²) in [6.45, 7) is 3.47. The summed E-state index contributed by atoms with van der Waals surface area (Å²) >= 11 is 0. The lowest BCUT2D eigenvalue weighted by atomic mass is 10.1. The smallest absolute Gasteiger partial charge is 0.270 e. The van der Waals surface area contributed by atoms with Gasteiger partial charge in [0.15, 0.2) is 0 Å². The number of aryl methyl sites for hydroxylation is 2. The monoisotopic (exact) mass is 424 g/mol. The van der Waals surface area contributed by atoms with Crippen LogP contribution in [0, 0.1) is 13.8 Å². The molecule has 0 radical (unpaired) electrons. The number of carbonyl (C=O) groups is 1. The Bertz CT molecular complexity index is 1200. The van der Waals surface area contributed by atoms with Gasteiger partial charge in [-0.25, -0.2) is 8.42 Å². The van der Waals surface area contributed by atoms with Crippen molar-refractivity contribution < 1.29 is 13.2 Å². The number of aromatic nitrogens is 1. The minimum atomic E-state index is -3.99. The normalized spacial score (nSPS) is 11.3. The molecule has 6 nitrogen and oxygen atoms in total. The Hall–Kier alpha value is -3.19. The van der Waals surface area contributed by atoms with Crippen LogP contribution in [-0.2, 0) is 27.6 Å². The van der Waals surface area contributed by atoms with Crippen molar-refractivity contribution in [2.75, 3.05) is 6.54 Å². The van der Waals surface area contributed by atoms with Crippen molar-refractivity contribution >= 4 is 15.7 Å². The fourth-order valence-corrected chi connectivity index (χ4v) is 4.91. The van der Waals surface area contributed by atoms with Crippen molar-refractivity contribution in [3.8, 4) is 0 Å². The highest BCUT2D eigenvalue weighted by molar-refractivity contribution is 7.91. The summed E-state index contributed by atoms with van der Waals surface area (Å²) in [5.41, 5.74) is 1.30. The SMILES string of the molecule is Cc1cc(C)n(CC(=O)NCCc2ccccc2)c(=O)c1S(=O)(=O)c1ccccc1. The van der Waals surface area contributed by atoms with E-state index in [0.29, 0.717) is 24.2 Å². The lowest BCUT2D eigenvalue weighted by Crippen LogP contribution is -2.36. The molecule has 1 heterocycles. The van der Waals surface area contributed by atoms with E-state index in [9.17, 15) is 18.0 Å². The van der Waals surface area contributed by atoms with Crippen molar-refractivity contribution in [1.82, 2.24) is 9.88 Å². The van der Waals surface area contributed by atoms with E-state index in [1.807, 2.05) is 30.3 Å². The molecule has 0 aliphatic carbocycles. The topological polar surface area (TPSA) is 85.2 Å². The predicted octanol–water partition coefficient (Wildman–Crippen LogP) is 2.66. The highest BCUT2D eigenvalue weighted by Crippen LogP contribution is 2.21. The fourth-order valence-electron chi connectivity index (χ4n) is 3.34. The third-order valence-corrected chi connectivity index (χ3v) is 6.78. The summed E-state index contributed by atoms with van der Waals surface area (Å²) in [5, 5.41) is 2.79. The van der Waals surface area contributed by atoms with Gasteiger partial charge in [-0.1, -0.05) is 48.5 Å². The Balaban J connectivity index is 1.83. The molecule has 30 heavy (non-hydrogen) atoms. The highest BCUT2D eigenvalue weighted by Gasteiger charge is 2.26. The first-order chi connectivity index (χ1) is 14.3. The van der Waals surface area contributed by atoms with Crippen LogP contribution in [-0.4, -0.2) is 25.4 Å². The summed E-state index contributed by atoms with van der Waals surface area (Å²) in [6.07, 6.45) is 0.669. The van der Waals surface area contributed by atoms with Crippen molar-refractivity contribution in [3.63, 3.8) is 0 Å². The number of benzene rings is 2. The second-order valence-electron chi connectivity index (χ2n) is 7.09. The fraction of sp³-hybridized carbons (Fsp3) is 0.217. The second kappa shape index (κ2) is 9.09. The Morgan fingerprint density at radius 2 is 1.57 bits per heavy atom. The Morgan fingerprint density at radius 1 is 0.967 bits per heavy atom. The molecule has 3 aromatic rings. The summed E-state index contributed by atoms with van der Waals surface area (Å²) in [7, 11) is -3.99. The van der Waals surface area contributed by atoms with Crippen LogP contribution in [0.5, 0.6) is 0 Å². The number of nitrogens with one attached hydrogen (secondary N) is 1. The lowest BCUT2D eigenvalue weighted by Gasteiger charge is -2.15. The maximum atomic E-state index is 13.1. The van der Waals surface area contributed by atoms with Gasteiger partial charge < -0.3 is 9.88 Å². The molecule has 1 N–H and O–H groups in total. The number of pyridine rings is 1. The zero-order valence-corrected chi connectivity index (χ0v) is 17.8. The molecule has 7 heteroatoms. The first-order valence-electron chi connectivity index (χ1n) is 9.62. The maximum absolute atomic E-state index is 13.1. The summed E-state index contributed by atoms with van der Waals surface area (Å²) in [5.74, 6) is -0.344. The molecule has 0 bridgehead atoms. The van der Waals surface area contributed by atoms with Gasteiger partial charge in [0.25, 0.3) is 5.56 Å². The minimum absolute atomic E-state index is 0.0490. The largest absolute Gasteiger partial charge is 0.354 e. The molecule has 1 aromatic heterocycles. The van der Waals surface area contributed by atoms with Crippen LogP contribution >= 0.6 is 0 Å². The van der Waals surface area contributed by atoms with Crippen LogP contribution in [0.2, 0.25) is 0 Å². The number of sulfone groups is 1. The quantitative estimate of drug-likeness (QED) is 0.632. The second-order valence-corrected chi connectivity index (χ2v) is 8.98. The number of hydrogen-bond donors (Lipinski definition) is 1. The highest BCUT2D eigenvalue weighted by atomic mass is 32.2. The van der Waals surface area contributed by atoms with Gasteiger partial charge in [0.05, 0.1) is 4.90 Å². The Labute approximate surface area is 176 Å². The zero-order chi connectivity index (χ0) is 21.7. The lowest BCUT2D eigenvalue weighted by molar-refractivity contribution is -0.121. The van der Waals surface area contributed by atoms with Gasteiger partial charge in [-0.05, 0) is 49.6 Å². The summed E-state index contributed by atoms with van der Waals surface area (Å²) < 4.78 is 27.3. The minimum Gasteiger partial charge on any atom is -0.354 e. The molecule has 0 spiro atoms. The van der Waals surface area contributed by atoms with E-state index < -0.39 is 15.4 Å². The van der Waals surface area contributed by atoms with Crippen molar-refractivity contribution in [2.45, 2.75) is 36.6 Å². The molecular formula is C23H24N2O4S.